The minimum Gasteiger partial charge on any atom is -0.365 e. The van der Waals surface area contributed by atoms with E-state index in [4.69, 9.17) is 0 Å². The van der Waals surface area contributed by atoms with E-state index in [0.717, 1.165) is 51.7 Å². The molecule has 3 aromatic rings. The molecule has 0 saturated carbocycles. The molecule has 6 heterocycles. The molecule has 2 aromatic heterocycles. The fourth-order valence-corrected chi connectivity index (χ4v) is 8.38. The van der Waals surface area contributed by atoms with Crippen LogP contribution in [0.25, 0.3) is 11.0 Å². The molecular weight excluding hydrogens is 582 g/mol. The molecule has 2 fully saturated rings. The van der Waals surface area contributed by atoms with E-state index in [1.54, 1.807) is 22.8 Å². The molecule has 0 amide bonds. The van der Waals surface area contributed by atoms with Crippen LogP contribution in [0.2, 0.25) is 0 Å². The Bertz CT molecular complexity index is 1620. The lowest BCUT2D eigenvalue weighted by atomic mass is 9.77. The Morgan fingerprint density at radius 1 is 0.977 bits per heavy atom. The lowest BCUT2D eigenvalue weighted by Crippen LogP contribution is -2.40. The van der Waals surface area contributed by atoms with Crippen molar-refractivity contribution < 1.29 is 13.0 Å². The summed E-state index contributed by atoms with van der Waals surface area (Å²) in [5.41, 5.74) is 0.333. The Balaban J connectivity index is 1.39. The van der Waals surface area contributed by atoms with Gasteiger partial charge in [0.25, 0.3) is 11.5 Å². The van der Waals surface area contributed by atoms with E-state index < -0.39 is 22.1 Å². The van der Waals surface area contributed by atoms with Crippen LogP contribution in [0.3, 0.4) is 0 Å². The Labute approximate surface area is 259 Å². The molecule has 1 aromatic carbocycles. The molecule has 0 aliphatic carbocycles. The topological polar surface area (TPSA) is 104 Å². The fraction of sp³-hybridized carbons (Fsp3) is 0.576. The molecule has 0 radical (unpaired) electrons. The number of nitriles is 1. The molecule has 7 rings (SSSR count). The second-order valence-corrected chi connectivity index (χ2v) is 14.4. The van der Waals surface area contributed by atoms with Crippen molar-refractivity contribution in [2.45, 2.75) is 82.2 Å². The summed E-state index contributed by atoms with van der Waals surface area (Å²) < 4.78 is 44.6. The zero-order valence-corrected chi connectivity index (χ0v) is 25.9. The quantitative estimate of drug-likeness (QED) is 0.384. The average Bonchev–Trinajstić information content (AvgIpc) is 3.04. The Morgan fingerprint density at radius 2 is 1.75 bits per heavy atom. The highest BCUT2D eigenvalue weighted by Crippen LogP contribution is 2.37. The van der Waals surface area contributed by atoms with Crippen molar-refractivity contribution in [1.29, 1.82) is 5.26 Å². The van der Waals surface area contributed by atoms with Gasteiger partial charge in [-0.25, -0.2) is 18.7 Å². The highest BCUT2D eigenvalue weighted by Gasteiger charge is 2.39. The van der Waals surface area contributed by atoms with E-state index in [-0.39, 0.29) is 24.1 Å². The van der Waals surface area contributed by atoms with Gasteiger partial charge in [0, 0.05) is 52.9 Å². The standard InChI is InChI=1S/C33H40F2N6O2S/c34-33(35)10-7-24-8-15-40(16-9-24)13-2-1-3-14-41-30-27(20-28(31(41)42)32(22-36)11-17-44(43)18-12-32)29(38-23-39-30)37-21-25-5-4-6-26(33)19-25/h4-6,19-20,23-24H,1-3,7-18,21H2,(H,37,38,39). The number of nitrogens with zero attached hydrogens (tertiary/aromatic N) is 5. The molecule has 2 saturated heterocycles. The van der Waals surface area contributed by atoms with Gasteiger partial charge in [-0.1, -0.05) is 24.6 Å². The van der Waals surface area contributed by atoms with Gasteiger partial charge in [0.2, 0.25) is 0 Å². The van der Waals surface area contributed by atoms with Crippen LogP contribution in [0.1, 0.15) is 74.5 Å². The number of aromatic nitrogens is 3. The van der Waals surface area contributed by atoms with Gasteiger partial charge < -0.3 is 10.2 Å². The van der Waals surface area contributed by atoms with Crippen LogP contribution in [0.5, 0.6) is 0 Å². The van der Waals surface area contributed by atoms with Gasteiger partial charge in [0.05, 0.1) is 16.9 Å². The Hall–Kier alpha value is -3.23. The van der Waals surface area contributed by atoms with E-state index in [2.05, 4.69) is 26.3 Å². The maximum Gasteiger partial charge on any atom is 0.273 e. The number of alkyl halides is 2. The van der Waals surface area contributed by atoms with Crippen molar-refractivity contribution in [3.8, 4) is 6.07 Å². The molecular formula is C33H40F2N6O2S. The first-order chi connectivity index (χ1) is 21.3. The number of anilines is 1. The third-order valence-electron chi connectivity index (χ3n) is 9.86. The van der Waals surface area contributed by atoms with E-state index in [9.17, 15) is 14.3 Å². The smallest absolute Gasteiger partial charge is 0.273 e. The number of benzene rings is 1. The van der Waals surface area contributed by atoms with Crippen LogP contribution >= 0.6 is 0 Å². The first-order valence-electron chi connectivity index (χ1n) is 15.9. The van der Waals surface area contributed by atoms with E-state index in [1.165, 1.54) is 12.4 Å². The first kappa shape index (κ1) is 30.8. The lowest BCUT2D eigenvalue weighted by Gasteiger charge is -2.32. The molecule has 0 unspecified atom stereocenters. The maximum atomic E-state index is 15.4. The summed E-state index contributed by atoms with van der Waals surface area (Å²) in [6.45, 7) is 3.54. The van der Waals surface area contributed by atoms with Gasteiger partial charge in [0.15, 0.2) is 0 Å². The summed E-state index contributed by atoms with van der Waals surface area (Å²) in [5.74, 6) is -1.36. The third-order valence-corrected chi connectivity index (χ3v) is 11.2. The van der Waals surface area contributed by atoms with Gasteiger partial charge in [-0.3, -0.25) is 13.6 Å². The second-order valence-electron chi connectivity index (χ2n) is 12.7. The molecule has 11 heteroatoms. The molecule has 4 aliphatic heterocycles. The van der Waals surface area contributed by atoms with Crippen LogP contribution in [0, 0.1) is 17.2 Å². The molecule has 0 atom stereocenters. The van der Waals surface area contributed by atoms with Crippen LogP contribution in [-0.4, -0.2) is 54.8 Å². The Morgan fingerprint density at radius 3 is 2.52 bits per heavy atom. The molecule has 1 N–H and O–H groups in total. The summed E-state index contributed by atoms with van der Waals surface area (Å²) in [7, 11) is -1.00. The number of hydrogen-bond acceptors (Lipinski definition) is 7. The van der Waals surface area contributed by atoms with Crippen LogP contribution < -0.4 is 10.9 Å². The number of fused-ring (bicyclic) bond motifs is 9. The lowest BCUT2D eigenvalue weighted by molar-refractivity contribution is -0.0217. The predicted molar refractivity (Wildman–Crippen MR) is 168 cm³/mol. The summed E-state index contributed by atoms with van der Waals surface area (Å²) >= 11 is 0. The number of halogens is 2. The van der Waals surface area contributed by atoms with Crippen LogP contribution in [0.15, 0.2) is 41.5 Å². The number of piperidine rings is 1. The molecule has 0 spiro atoms. The van der Waals surface area contributed by atoms with Gasteiger partial charge >= 0.3 is 0 Å². The van der Waals surface area contributed by atoms with Gasteiger partial charge in [-0.2, -0.15) is 5.26 Å². The third kappa shape index (κ3) is 6.43. The van der Waals surface area contributed by atoms with Crippen LogP contribution in [-0.2, 0) is 35.2 Å². The van der Waals surface area contributed by atoms with Crippen molar-refractivity contribution in [1.82, 2.24) is 19.4 Å². The summed E-state index contributed by atoms with van der Waals surface area (Å²) in [6, 6.07) is 10.7. The first-order valence-corrected chi connectivity index (χ1v) is 17.4. The number of rotatable bonds is 1. The van der Waals surface area contributed by atoms with Gasteiger partial charge in [0.1, 0.15) is 17.8 Å². The highest BCUT2D eigenvalue weighted by atomic mass is 32.2. The predicted octanol–water partition coefficient (Wildman–Crippen LogP) is 5.48. The number of pyridine rings is 1. The highest BCUT2D eigenvalue weighted by molar-refractivity contribution is 7.85. The number of nitrogens with one attached hydrogen (secondary N) is 1. The SMILES string of the molecule is N#CC1(c2cc3c4ncnc3n(c2=O)CCCCCN2CCC(CC2)CCC(F)(F)c2cccc(c2)CN4)CCS(=O)CC1. The molecule has 8 bridgehead atoms. The number of aryl methyl sites for hydroxylation is 1. The van der Waals surface area contributed by atoms with Crippen LogP contribution in [0.4, 0.5) is 14.6 Å². The molecule has 8 nitrogen and oxygen atoms in total. The molecule has 234 valence electrons. The zero-order chi connectivity index (χ0) is 30.7. The minimum atomic E-state index is -2.91. The largest absolute Gasteiger partial charge is 0.365 e. The maximum absolute atomic E-state index is 15.4. The van der Waals surface area contributed by atoms with Gasteiger partial charge in [-0.05, 0) is 88.2 Å². The summed E-state index contributed by atoms with van der Waals surface area (Å²) in [5, 5.41) is 14.3. The van der Waals surface area contributed by atoms with Crippen molar-refractivity contribution in [2.24, 2.45) is 5.92 Å². The van der Waals surface area contributed by atoms with Crippen molar-refractivity contribution >= 4 is 27.7 Å². The summed E-state index contributed by atoms with van der Waals surface area (Å²) in [6.07, 6.45) is 7.08. The van der Waals surface area contributed by atoms with E-state index in [1.807, 2.05) is 6.07 Å². The fourth-order valence-electron chi connectivity index (χ4n) is 7.02. The van der Waals surface area contributed by atoms with Gasteiger partial charge in [-0.15, -0.1) is 0 Å². The Kier molecular flexibility index (Phi) is 9.11. The average molecular weight is 623 g/mol. The normalized spacial score (nSPS) is 28.1. The van der Waals surface area contributed by atoms with E-state index in [0.29, 0.717) is 71.2 Å². The number of hydrogen-bond donors (Lipinski definition) is 1. The van der Waals surface area contributed by atoms with Crippen molar-refractivity contribution in [3.63, 3.8) is 0 Å². The molecule has 44 heavy (non-hydrogen) atoms. The monoisotopic (exact) mass is 622 g/mol. The second kappa shape index (κ2) is 13.0. The zero-order valence-electron chi connectivity index (χ0n) is 25.1. The minimum absolute atomic E-state index is 0.0226. The van der Waals surface area contributed by atoms with Crippen molar-refractivity contribution in [2.75, 3.05) is 36.5 Å². The van der Waals surface area contributed by atoms with Crippen molar-refractivity contribution in [3.05, 3.63) is 63.7 Å². The summed E-state index contributed by atoms with van der Waals surface area (Å²) in [4.78, 5) is 25.5. The van der Waals surface area contributed by atoms with E-state index >= 15 is 8.78 Å². The molecule has 4 aliphatic rings.